The zero-order chi connectivity index (χ0) is 19.2. The summed E-state index contributed by atoms with van der Waals surface area (Å²) in [7, 11) is 0. The molecule has 2 aliphatic heterocycles. The molecule has 1 fully saturated rings. The van der Waals surface area contributed by atoms with Crippen molar-refractivity contribution in [3.63, 3.8) is 0 Å². The molecule has 0 atom stereocenters. The average molecular weight is 385 g/mol. The number of benzene rings is 1. The third-order valence-corrected chi connectivity index (χ3v) is 5.39. The number of hydrogen-bond acceptors (Lipinski definition) is 6. The Hall–Kier alpha value is -2.30. The summed E-state index contributed by atoms with van der Waals surface area (Å²) >= 11 is 1.44. The van der Waals surface area contributed by atoms with Gasteiger partial charge in [0.1, 0.15) is 5.75 Å². The van der Waals surface area contributed by atoms with Crippen molar-refractivity contribution in [2.45, 2.75) is 26.4 Å². The van der Waals surface area contributed by atoms with E-state index in [0.717, 1.165) is 49.2 Å². The first-order valence-corrected chi connectivity index (χ1v) is 10.0. The lowest BCUT2D eigenvalue weighted by Crippen LogP contribution is -2.47. The number of ether oxygens (including phenoxy) is 1. The van der Waals surface area contributed by atoms with E-state index in [9.17, 15) is 4.79 Å². The number of carbonyl (C=O) groups is 1. The molecule has 0 radical (unpaired) electrons. The molecule has 0 spiro atoms. The van der Waals surface area contributed by atoms with Gasteiger partial charge in [0.25, 0.3) is 5.91 Å². The lowest BCUT2D eigenvalue weighted by Gasteiger charge is -2.34. The van der Waals surface area contributed by atoms with Crippen LogP contribution in [0.5, 0.6) is 5.75 Å². The number of carbonyl (C=O) groups excluding carboxylic acids is 1. The van der Waals surface area contributed by atoms with Gasteiger partial charge in [0, 0.05) is 39.1 Å². The fourth-order valence-corrected chi connectivity index (χ4v) is 3.94. The van der Waals surface area contributed by atoms with E-state index in [1.54, 1.807) is 0 Å². The number of nitrogens with zero attached hydrogens (tertiary/aromatic N) is 4. The van der Waals surface area contributed by atoms with E-state index in [1.165, 1.54) is 11.8 Å². The molecule has 3 rings (SSSR count). The number of aliphatic imine (C=N–C) groups is 1. The number of amides is 1. The zero-order valence-electron chi connectivity index (χ0n) is 15.7. The van der Waals surface area contributed by atoms with E-state index in [4.69, 9.17) is 10.00 Å². The first kappa shape index (κ1) is 19.5. The van der Waals surface area contributed by atoms with Gasteiger partial charge < -0.3 is 9.64 Å². The van der Waals surface area contributed by atoms with Crippen LogP contribution in [0.2, 0.25) is 0 Å². The number of nitriles is 1. The van der Waals surface area contributed by atoms with Crippen LogP contribution in [0.3, 0.4) is 0 Å². The standard InChI is InChI=1S/C20H24N4O2S/c1-15(2)26-17-6-4-16(5-7-17)14-18-19(25)22-20(27-18)24-12-10-23(11-13-24)9-3-8-21/h4-7,14-15H,3,9-13H2,1-2H3/b18-14-. The second-order valence-electron chi connectivity index (χ2n) is 6.78. The minimum absolute atomic E-state index is 0.137. The number of hydrogen-bond donors (Lipinski definition) is 0. The molecule has 0 aliphatic carbocycles. The van der Waals surface area contributed by atoms with Crippen LogP contribution >= 0.6 is 11.8 Å². The Morgan fingerprint density at radius 3 is 2.59 bits per heavy atom. The summed E-state index contributed by atoms with van der Waals surface area (Å²) in [6.45, 7) is 8.25. The van der Waals surface area contributed by atoms with Crippen LogP contribution in [0.1, 0.15) is 25.8 Å². The zero-order valence-corrected chi connectivity index (χ0v) is 16.5. The molecule has 0 N–H and O–H groups in total. The molecular weight excluding hydrogens is 360 g/mol. The minimum Gasteiger partial charge on any atom is -0.491 e. The maximum Gasteiger partial charge on any atom is 0.286 e. The van der Waals surface area contributed by atoms with Crippen LogP contribution in [0.15, 0.2) is 34.2 Å². The van der Waals surface area contributed by atoms with Crippen LogP contribution < -0.4 is 4.74 Å². The lowest BCUT2D eigenvalue weighted by atomic mass is 10.2. The first-order chi connectivity index (χ1) is 13.0. The van der Waals surface area contributed by atoms with Crippen LogP contribution in [-0.2, 0) is 4.79 Å². The second kappa shape index (κ2) is 9.07. The fraction of sp³-hybridized carbons (Fsp3) is 0.450. The number of amidine groups is 1. The van der Waals surface area contributed by atoms with Gasteiger partial charge in [0.15, 0.2) is 5.17 Å². The quantitative estimate of drug-likeness (QED) is 0.727. The highest BCUT2D eigenvalue weighted by atomic mass is 32.2. The molecule has 2 heterocycles. The molecule has 142 valence electrons. The normalized spacial score (nSPS) is 19.5. The predicted molar refractivity (Wildman–Crippen MR) is 108 cm³/mol. The van der Waals surface area contributed by atoms with Crippen molar-refractivity contribution >= 4 is 28.9 Å². The highest BCUT2D eigenvalue weighted by Gasteiger charge is 2.28. The molecule has 27 heavy (non-hydrogen) atoms. The van der Waals surface area contributed by atoms with Gasteiger partial charge in [-0.05, 0) is 49.4 Å². The van der Waals surface area contributed by atoms with Gasteiger partial charge in [-0.2, -0.15) is 10.3 Å². The van der Waals surface area contributed by atoms with E-state index in [0.29, 0.717) is 11.3 Å². The smallest absolute Gasteiger partial charge is 0.286 e. The third-order valence-electron chi connectivity index (χ3n) is 4.34. The van der Waals surface area contributed by atoms with Gasteiger partial charge in [0.05, 0.1) is 17.1 Å². The Morgan fingerprint density at radius 1 is 1.26 bits per heavy atom. The molecule has 1 saturated heterocycles. The summed E-state index contributed by atoms with van der Waals surface area (Å²) in [5.74, 6) is 0.646. The van der Waals surface area contributed by atoms with Gasteiger partial charge >= 0.3 is 0 Å². The van der Waals surface area contributed by atoms with E-state index in [2.05, 4.69) is 20.9 Å². The maximum atomic E-state index is 12.3. The molecule has 1 amide bonds. The van der Waals surface area contributed by atoms with Crippen molar-refractivity contribution in [2.75, 3.05) is 32.7 Å². The molecule has 0 unspecified atom stereocenters. The fourth-order valence-electron chi connectivity index (χ4n) is 2.97. The van der Waals surface area contributed by atoms with Gasteiger partial charge in [0.2, 0.25) is 0 Å². The highest BCUT2D eigenvalue weighted by molar-refractivity contribution is 8.18. The summed E-state index contributed by atoms with van der Waals surface area (Å²) in [6, 6.07) is 9.91. The molecular formula is C20H24N4O2S. The SMILES string of the molecule is CC(C)Oc1ccc(/C=C2\SC(N3CCN(CCC#N)CC3)=NC2=O)cc1. The molecule has 0 saturated carbocycles. The van der Waals surface area contributed by atoms with E-state index >= 15 is 0 Å². The summed E-state index contributed by atoms with van der Waals surface area (Å²) in [5, 5.41) is 9.48. The van der Waals surface area contributed by atoms with Crippen LogP contribution in [-0.4, -0.2) is 59.7 Å². The third kappa shape index (κ3) is 5.34. The Kier molecular flexibility index (Phi) is 6.54. The summed E-state index contributed by atoms with van der Waals surface area (Å²) in [4.78, 5) is 21.6. The van der Waals surface area contributed by atoms with Crippen molar-refractivity contribution in [1.82, 2.24) is 9.80 Å². The van der Waals surface area contributed by atoms with Gasteiger partial charge in [-0.15, -0.1) is 0 Å². The van der Waals surface area contributed by atoms with Crippen LogP contribution in [0, 0.1) is 11.3 Å². The number of thioether (sulfide) groups is 1. The van der Waals surface area contributed by atoms with E-state index < -0.39 is 0 Å². The molecule has 1 aromatic rings. The van der Waals surface area contributed by atoms with Crippen molar-refractivity contribution < 1.29 is 9.53 Å². The van der Waals surface area contributed by atoms with Gasteiger partial charge in [-0.3, -0.25) is 9.69 Å². The summed E-state index contributed by atoms with van der Waals surface area (Å²) in [6.07, 6.45) is 2.57. The topological polar surface area (TPSA) is 68.9 Å². The van der Waals surface area contributed by atoms with Gasteiger partial charge in [-0.25, -0.2) is 0 Å². The van der Waals surface area contributed by atoms with Gasteiger partial charge in [-0.1, -0.05) is 12.1 Å². The molecule has 0 bridgehead atoms. The molecule has 7 heteroatoms. The number of rotatable bonds is 5. The van der Waals surface area contributed by atoms with Crippen molar-refractivity contribution in [1.29, 1.82) is 5.26 Å². The lowest BCUT2D eigenvalue weighted by molar-refractivity contribution is -0.113. The first-order valence-electron chi connectivity index (χ1n) is 9.18. The van der Waals surface area contributed by atoms with Crippen molar-refractivity contribution in [2.24, 2.45) is 4.99 Å². The average Bonchev–Trinajstić information content (AvgIpc) is 3.02. The largest absolute Gasteiger partial charge is 0.491 e. The predicted octanol–water partition coefficient (Wildman–Crippen LogP) is 2.98. The summed E-state index contributed by atoms with van der Waals surface area (Å²) in [5.41, 5.74) is 0.958. The Bertz CT molecular complexity index is 772. The highest BCUT2D eigenvalue weighted by Crippen LogP contribution is 2.31. The minimum atomic E-state index is -0.176. The molecule has 0 aromatic heterocycles. The summed E-state index contributed by atoms with van der Waals surface area (Å²) < 4.78 is 5.65. The second-order valence-corrected chi connectivity index (χ2v) is 7.79. The number of piperazine rings is 1. The molecule has 2 aliphatic rings. The van der Waals surface area contributed by atoms with Crippen LogP contribution in [0.25, 0.3) is 6.08 Å². The Morgan fingerprint density at radius 2 is 1.96 bits per heavy atom. The Balaban J connectivity index is 1.57. The van der Waals surface area contributed by atoms with Crippen molar-refractivity contribution in [3.05, 3.63) is 34.7 Å². The Labute approximate surface area is 164 Å². The van der Waals surface area contributed by atoms with Crippen LogP contribution in [0.4, 0.5) is 0 Å². The maximum absolute atomic E-state index is 12.3. The monoisotopic (exact) mass is 384 g/mol. The van der Waals surface area contributed by atoms with Crippen molar-refractivity contribution in [3.8, 4) is 11.8 Å². The molecule has 1 aromatic carbocycles. The van der Waals surface area contributed by atoms with E-state index in [-0.39, 0.29) is 12.0 Å². The molecule has 6 nitrogen and oxygen atoms in total. The van der Waals surface area contributed by atoms with E-state index in [1.807, 2.05) is 44.2 Å².